The zero-order valence-electron chi connectivity index (χ0n) is 13.2. The van der Waals surface area contributed by atoms with Crippen molar-refractivity contribution in [3.05, 3.63) is 57.8 Å². The lowest BCUT2D eigenvalue weighted by molar-refractivity contribution is -0.122. The van der Waals surface area contributed by atoms with Crippen LogP contribution in [0.2, 0.25) is 0 Å². The number of hydrogen-bond acceptors (Lipinski definition) is 3. The molecule has 0 spiro atoms. The summed E-state index contributed by atoms with van der Waals surface area (Å²) in [6.45, 7) is 2.74. The van der Waals surface area contributed by atoms with E-state index < -0.39 is 0 Å². The number of carbonyl (C=O) groups excluding carboxylic acids is 1. The third-order valence-corrected chi connectivity index (χ3v) is 5.86. The fraction of sp³-hybridized carbons (Fsp3) is 0.421. The first-order valence-corrected chi connectivity index (χ1v) is 9.31. The van der Waals surface area contributed by atoms with Gasteiger partial charge in [-0.3, -0.25) is 9.69 Å². The second-order valence-electron chi connectivity index (χ2n) is 6.54. The second-order valence-corrected chi connectivity index (χ2v) is 7.52. The first-order valence-electron chi connectivity index (χ1n) is 8.43. The summed E-state index contributed by atoms with van der Waals surface area (Å²) >= 11 is 1.79. The average Bonchev–Trinajstić information content (AvgIpc) is 3.31. The van der Waals surface area contributed by atoms with E-state index in [1.165, 1.54) is 16.0 Å². The standard InChI is InChI=1S/C19H22N2OS/c22-19(15-7-8-15)20-12-17(18-6-3-11-23-18)21-10-9-14-4-1-2-5-16(14)13-21/h1-6,11,15,17H,7-10,12-13H2,(H,20,22). The van der Waals surface area contributed by atoms with Gasteiger partial charge in [-0.05, 0) is 41.8 Å². The number of benzene rings is 1. The fourth-order valence-corrected chi connectivity index (χ4v) is 4.22. The van der Waals surface area contributed by atoms with Gasteiger partial charge < -0.3 is 5.32 Å². The van der Waals surface area contributed by atoms with Crippen LogP contribution in [0.15, 0.2) is 41.8 Å². The maximum absolute atomic E-state index is 12.0. The summed E-state index contributed by atoms with van der Waals surface area (Å²) in [5.74, 6) is 0.519. The van der Waals surface area contributed by atoms with Gasteiger partial charge >= 0.3 is 0 Å². The van der Waals surface area contributed by atoms with Gasteiger partial charge in [-0.2, -0.15) is 0 Å². The highest BCUT2D eigenvalue weighted by molar-refractivity contribution is 7.10. The molecule has 0 saturated heterocycles. The van der Waals surface area contributed by atoms with Crippen molar-refractivity contribution in [1.29, 1.82) is 0 Å². The third-order valence-electron chi connectivity index (χ3n) is 4.89. The number of thiophene rings is 1. The molecule has 1 aliphatic heterocycles. The molecule has 1 aliphatic carbocycles. The summed E-state index contributed by atoms with van der Waals surface area (Å²) in [7, 11) is 0. The minimum atomic E-state index is 0.240. The monoisotopic (exact) mass is 326 g/mol. The van der Waals surface area contributed by atoms with Gasteiger partial charge in [0.25, 0.3) is 0 Å². The van der Waals surface area contributed by atoms with Crippen molar-refractivity contribution >= 4 is 17.2 Å². The van der Waals surface area contributed by atoms with Crippen molar-refractivity contribution in [3.63, 3.8) is 0 Å². The molecular weight excluding hydrogens is 304 g/mol. The molecule has 4 heteroatoms. The van der Waals surface area contributed by atoms with Crippen molar-refractivity contribution in [1.82, 2.24) is 10.2 Å². The Kier molecular flexibility index (Phi) is 4.19. The van der Waals surface area contributed by atoms with E-state index in [9.17, 15) is 4.79 Å². The Morgan fingerprint density at radius 2 is 2.04 bits per heavy atom. The Labute approximate surface area is 141 Å². The van der Waals surface area contributed by atoms with E-state index in [-0.39, 0.29) is 17.9 Å². The van der Waals surface area contributed by atoms with E-state index in [4.69, 9.17) is 0 Å². The number of nitrogens with one attached hydrogen (secondary N) is 1. The minimum absolute atomic E-state index is 0.240. The van der Waals surface area contributed by atoms with Crippen LogP contribution in [0.25, 0.3) is 0 Å². The summed E-state index contributed by atoms with van der Waals surface area (Å²) in [6, 6.07) is 13.3. The molecule has 1 aromatic carbocycles. The molecule has 1 amide bonds. The molecule has 2 heterocycles. The van der Waals surface area contributed by atoms with E-state index in [0.29, 0.717) is 0 Å². The van der Waals surface area contributed by atoms with Gasteiger partial charge in [-0.15, -0.1) is 11.3 Å². The van der Waals surface area contributed by atoms with Crippen LogP contribution >= 0.6 is 11.3 Å². The van der Waals surface area contributed by atoms with Gasteiger partial charge in [-0.25, -0.2) is 0 Å². The zero-order valence-corrected chi connectivity index (χ0v) is 14.0. The van der Waals surface area contributed by atoms with Crippen molar-refractivity contribution in [2.75, 3.05) is 13.1 Å². The predicted octanol–water partition coefficient (Wildman–Crippen LogP) is 3.37. The maximum Gasteiger partial charge on any atom is 0.223 e. The molecule has 1 fully saturated rings. The van der Waals surface area contributed by atoms with E-state index in [0.717, 1.165) is 38.9 Å². The Morgan fingerprint density at radius 1 is 1.22 bits per heavy atom. The van der Waals surface area contributed by atoms with E-state index in [1.807, 2.05) is 0 Å². The van der Waals surface area contributed by atoms with Gasteiger partial charge in [0.15, 0.2) is 0 Å². The molecule has 120 valence electrons. The summed E-state index contributed by atoms with van der Waals surface area (Å²) in [6.07, 6.45) is 3.22. The molecule has 2 aliphatic rings. The minimum Gasteiger partial charge on any atom is -0.354 e. The van der Waals surface area contributed by atoms with Crippen LogP contribution in [-0.4, -0.2) is 23.9 Å². The molecular formula is C19H22N2OS. The lowest BCUT2D eigenvalue weighted by Gasteiger charge is -2.35. The van der Waals surface area contributed by atoms with Gasteiger partial charge in [0.05, 0.1) is 6.04 Å². The van der Waals surface area contributed by atoms with Crippen LogP contribution in [0.5, 0.6) is 0 Å². The van der Waals surface area contributed by atoms with Gasteiger partial charge in [0.2, 0.25) is 5.91 Å². The van der Waals surface area contributed by atoms with Crippen LogP contribution in [0.4, 0.5) is 0 Å². The van der Waals surface area contributed by atoms with Crippen LogP contribution in [-0.2, 0) is 17.8 Å². The zero-order chi connectivity index (χ0) is 15.6. The second kappa shape index (κ2) is 6.46. The normalized spacial score (nSPS) is 19.1. The molecule has 2 aromatic rings. The Morgan fingerprint density at radius 3 is 2.78 bits per heavy atom. The van der Waals surface area contributed by atoms with Gasteiger partial charge in [0.1, 0.15) is 0 Å². The third kappa shape index (κ3) is 3.33. The molecule has 1 aromatic heterocycles. The van der Waals surface area contributed by atoms with Gasteiger partial charge in [0, 0.05) is 30.4 Å². The predicted molar refractivity (Wildman–Crippen MR) is 93.3 cm³/mol. The number of rotatable bonds is 5. The summed E-state index contributed by atoms with van der Waals surface area (Å²) in [4.78, 5) is 15.9. The molecule has 1 unspecified atom stereocenters. The van der Waals surface area contributed by atoms with E-state index in [1.54, 1.807) is 11.3 Å². The molecule has 23 heavy (non-hydrogen) atoms. The van der Waals surface area contributed by atoms with Crippen LogP contribution in [0, 0.1) is 5.92 Å². The Balaban J connectivity index is 1.50. The van der Waals surface area contributed by atoms with Crippen molar-refractivity contribution in [2.45, 2.75) is 31.8 Å². The number of nitrogens with zero attached hydrogens (tertiary/aromatic N) is 1. The SMILES string of the molecule is O=C(NCC(c1cccs1)N1CCc2ccccc2C1)C1CC1. The number of hydrogen-bond donors (Lipinski definition) is 1. The van der Waals surface area contributed by atoms with E-state index in [2.05, 4.69) is 52.0 Å². The molecule has 1 atom stereocenters. The largest absolute Gasteiger partial charge is 0.354 e. The highest BCUT2D eigenvalue weighted by Gasteiger charge is 2.31. The number of carbonyl (C=O) groups is 1. The Hall–Kier alpha value is -1.65. The smallest absolute Gasteiger partial charge is 0.223 e. The number of amides is 1. The highest BCUT2D eigenvalue weighted by Crippen LogP contribution is 2.31. The number of fused-ring (bicyclic) bond motifs is 1. The quantitative estimate of drug-likeness (QED) is 0.913. The van der Waals surface area contributed by atoms with Crippen LogP contribution in [0.3, 0.4) is 0 Å². The molecule has 0 bridgehead atoms. The van der Waals surface area contributed by atoms with Crippen molar-refractivity contribution < 1.29 is 4.79 Å². The molecule has 1 saturated carbocycles. The van der Waals surface area contributed by atoms with Crippen molar-refractivity contribution in [2.24, 2.45) is 5.92 Å². The van der Waals surface area contributed by atoms with Crippen molar-refractivity contribution in [3.8, 4) is 0 Å². The molecule has 4 rings (SSSR count). The highest BCUT2D eigenvalue weighted by atomic mass is 32.1. The summed E-state index contributed by atoms with van der Waals surface area (Å²) in [5.41, 5.74) is 2.89. The summed E-state index contributed by atoms with van der Waals surface area (Å²) in [5, 5.41) is 5.31. The molecule has 3 nitrogen and oxygen atoms in total. The van der Waals surface area contributed by atoms with Gasteiger partial charge in [-0.1, -0.05) is 30.3 Å². The lowest BCUT2D eigenvalue weighted by atomic mass is 9.98. The first-order chi connectivity index (χ1) is 11.3. The maximum atomic E-state index is 12.0. The van der Waals surface area contributed by atoms with E-state index >= 15 is 0 Å². The van der Waals surface area contributed by atoms with Crippen LogP contribution < -0.4 is 5.32 Å². The summed E-state index contributed by atoms with van der Waals surface area (Å²) < 4.78 is 0. The molecule has 1 N–H and O–H groups in total. The fourth-order valence-electron chi connectivity index (χ4n) is 3.36. The lowest BCUT2D eigenvalue weighted by Crippen LogP contribution is -2.40. The molecule has 0 radical (unpaired) electrons. The first kappa shape index (κ1) is 14.9. The Bertz CT molecular complexity index is 678. The average molecular weight is 326 g/mol. The topological polar surface area (TPSA) is 32.3 Å². The van der Waals surface area contributed by atoms with Crippen LogP contribution in [0.1, 0.15) is 34.9 Å².